The van der Waals surface area contributed by atoms with Gasteiger partial charge in [-0.3, -0.25) is 4.79 Å². The van der Waals surface area contributed by atoms with Gasteiger partial charge in [0.2, 0.25) is 5.91 Å². The summed E-state index contributed by atoms with van der Waals surface area (Å²) in [6.45, 7) is 4.82. The van der Waals surface area contributed by atoms with Crippen LogP contribution in [0.3, 0.4) is 0 Å². The van der Waals surface area contributed by atoms with Gasteiger partial charge in [0.05, 0.1) is 7.11 Å². The van der Waals surface area contributed by atoms with Crippen LogP contribution >= 0.6 is 0 Å². The fraction of sp³-hybridized carbons (Fsp3) is 0.500. The predicted octanol–water partition coefficient (Wildman–Crippen LogP) is 3.79. The van der Waals surface area contributed by atoms with E-state index < -0.39 is 0 Å². The smallest absolute Gasteiger partial charge is 0.220 e. The van der Waals surface area contributed by atoms with Crippen molar-refractivity contribution in [2.45, 2.75) is 46.1 Å². The zero-order chi connectivity index (χ0) is 16.4. The molecule has 1 amide bonds. The number of phenols is 1. The number of nitrogens with one attached hydrogen (secondary N) is 1. The summed E-state index contributed by atoms with van der Waals surface area (Å²) in [5, 5.41) is 12.4. The Balaban J connectivity index is 2.24. The number of unbranched alkanes of at least 4 members (excludes halogenated alkanes) is 1. The van der Waals surface area contributed by atoms with E-state index in [0.29, 0.717) is 24.6 Å². The standard InChI is InChI=1S/C18H27NO3/c1-14(2)8-6-4-5-7-9-18(21)19-13-15-10-11-16(20)17(12-15)22-3/h4,6,10-12,14,20H,5,7-9,13H2,1-3H3,(H,19,21)/b6-4-. The van der Waals surface area contributed by atoms with E-state index in [9.17, 15) is 9.90 Å². The first kappa shape index (κ1) is 18.1. The van der Waals surface area contributed by atoms with Crippen molar-refractivity contribution in [2.75, 3.05) is 7.11 Å². The lowest BCUT2D eigenvalue weighted by Gasteiger charge is -2.08. The van der Waals surface area contributed by atoms with Crippen LogP contribution in [0.1, 0.15) is 45.1 Å². The molecule has 0 atom stereocenters. The Bertz CT molecular complexity index is 495. The number of rotatable bonds is 9. The lowest BCUT2D eigenvalue weighted by atomic mass is 10.1. The molecule has 2 N–H and O–H groups in total. The van der Waals surface area contributed by atoms with Gasteiger partial charge in [0.1, 0.15) is 0 Å². The number of carbonyl (C=O) groups is 1. The van der Waals surface area contributed by atoms with E-state index in [4.69, 9.17) is 4.74 Å². The number of benzene rings is 1. The van der Waals surface area contributed by atoms with E-state index in [2.05, 4.69) is 31.3 Å². The lowest BCUT2D eigenvalue weighted by molar-refractivity contribution is -0.121. The van der Waals surface area contributed by atoms with Crippen molar-refractivity contribution in [3.05, 3.63) is 35.9 Å². The van der Waals surface area contributed by atoms with E-state index in [0.717, 1.165) is 24.8 Å². The van der Waals surface area contributed by atoms with Crippen molar-refractivity contribution in [1.29, 1.82) is 0 Å². The minimum atomic E-state index is 0.0456. The van der Waals surface area contributed by atoms with Crippen molar-refractivity contribution in [2.24, 2.45) is 5.92 Å². The van der Waals surface area contributed by atoms with Crippen molar-refractivity contribution >= 4 is 5.91 Å². The molecule has 122 valence electrons. The zero-order valence-electron chi connectivity index (χ0n) is 13.8. The topological polar surface area (TPSA) is 58.6 Å². The first-order valence-corrected chi connectivity index (χ1v) is 7.80. The maximum atomic E-state index is 11.8. The van der Waals surface area contributed by atoms with Gasteiger partial charge in [0.25, 0.3) is 0 Å². The number of hydrogen-bond donors (Lipinski definition) is 2. The second-order valence-electron chi connectivity index (χ2n) is 5.78. The average molecular weight is 305 g/mol. The van der Waals surface area contributed by atoms with Gasteiger partial charge in [-0.15, -0.1) is 0 Å². The molecule has 1 aromatic carbocycles. The summed E-state index contributed by atoms with van der Waals surface area (Å²) in [4.78, 5) is 11.8. The van der Waals surface area contributed by atoms with Gasteiger partial charge in [-0.1, -0.05) is 32.1 Å². The minimum Gasteiger partial charge on any atom is -0.504 e. The first-order valence-electron chi connectivity index (χ1n) is 7.80. The number of phenolic OH excluding ortho intramolecular Hbond substituents is 1. The normalized spacial score (nSPS) is 11.1. The van der Waals surface area contributed by atoms with Crippen molar-refractivity contribution in [1.82, 2.24) is 5.32 Å². The Morgan fingerprint density at radius 1 is 1.36 bits per heavy atom. The van der Waals surface area contributed by atoms with Gasteiger partial charge in [0, 0.05) is 13.0 Å². The molecule has 0 bridgehead atoms. The van der Waals surface area contributed by atoms with Crippen LogP contribution in [0.5, 0.6) is 11.5 Å². The maximum absolute atomic E-state index is 11.8. The van der Waals surface area contributed by atoms with Gasteiger partial charge in [0.15, 0.2) is 11.5 Å². The third-order valence-electron chi connectivity index (χ3n) is 3.28. The third kappa shape index (κ3) is 7.16. The van der Waals surface area contributed by atoms with E-state index in [1.165, 1.54) is 7.11 Å². The second kappa shape index (κ2) is 9.87. The SMILES string of the molecule is COc1cc(CNC(=O)CCC/C=C\CC(C)C)ccc1O. The Morgan fingerprint density at radius 3 is 2.82 bits per heavy atom. The largest absolute Gasteiger partial charge is 0.504 e. The summed E-state index contributed by atoms with van der Waals surface area (Å²) >= 11 is 0. The number of allylic oxidation sites excluding steroid dienone is 2. The van der Waals surface area contributed by atoms with Crippen molar-refractivity contribution in [3.8, 4) is 11.5 Å². The fourth-order valence-electron chi connectivity index (χ4n) is 1.99. The maximum Gasteiger partial charge on any atom is 0.220 e. The summed E-state index contributed by atoms with van der Waals surface area (Å²) in [7, 11) is 1.50. The molecule has 0 aliphatic carbocycles. The van der Waals surface area contributed by atoms with Crippen LogP contribution in [-0.2, 0) is 11.3 Å². The van der Waals surface area contributed by atoms with Crippen LogP contribution in [0.4, 0.5) is 0 Å². The molecule has 0 saturated heterocycles. The van der Waals surface area contributed by atoms with Gasteiger partial charge >= 0.3 is 0 Å². The van der Waals surface area contributed by atoms with Gasteiger partial charge in [-0.2, -0.15) is 0 Å². The molecule has 0 aliphatic rings. The predicted molar refractivity (Wildman–Crippen MR) is 89.0 cm³/mol. The molecule has 1 aromatic rings. The van der Waals surface area contributed by atoms with Crippen LogP contribution in [0.25, 0.3) is 0 Å². The lowest BCUT2D eigenvalue weighted by Crippen LogP contribution is -2.22. The molecule has 0 aliphatic heterocycles. The molecule has 0 saturated carbocycles. The minimum absolute atomic E-state index is 0.0456. The molecule has 0 radical (unpaired) electrons. The highest BCUT2D eigenvalue weighted by molar-refractivity contribution is 5.75. The van der Waals surface area contributed by atoms with Crippen LogP contribution in [0.2, 0.25) is 0 Å². The number of hydrogen-bond acceptors (Lipinski definition) is 3. The Kier molecular flexibility index (Phi) is 8.11. The molecular weight excluding hydrogens is 278 g/mol. The molecule has 0 spiro atoms. The van der Waals surface area contributed by atoms with Crippen LogP contribution in [-0.4, -0.2) is 18.1 Å². The molecule has 4 heteroatoms. The molecule has 1 rings (SSSR count). The Hall–Kier alpha value is -1.97. The summed E-state index contributed by atoms with van der Waals surface area (Å²) in [6.07, 6.45) is 7.76. The van der Waals surface area contributed by atoms with E-state index >= 15 is 0 Å². The average Bonchev–Trinajstić information content (AvgIpc) is 2.49. The Labute approximate surface area is 133 Å². The highest BCUT2D eigenvalue weighted by Crippen LogP contribution is 2.26. The van der Waals surface area contributed by atoms with E-state index in [1.54, 1.807) is 18.2 Å². The number of methoxy groups -OCH3 is 1. The summed E-state index contributed by atoms with van der Waals surface area (Å²) in [6, 6.07) is 5.07. The zero-order valence-corrected chi connectivity index (χ0v) is 13.8. The summed E-state index contributed by atoms with van der Waals surface area (Å²) in [5.74, 6) is 1.25. The van der Waals surface area contributed by atoms with Crippen LogP contribution in [0, 0.1) is 5.92 Å². The van der Waals surface area contributed by atoms with Crippen molar-refractivity contribution < 1.29 is 14.6 Å². The highest BCUT2D eigenvalue weighted by Gasteiger charge is 2.04. The monoisotopic (exact) mass is 305 g/mol. The molecule has 0 unspecified atom stereocenters. The highest BCUT2D eigenvalue weighted by atomic mass is 16.5. The number of aromatic hydroxyl groups is 1. The number of carbonyl (C=O) groups excluding carboxylic acids is 1. The molecule has 22 heavy (non-hydrogen) atoms. The molecule has 0 aromatic heterocycles. The van der Waals surface area contributed by atoms with Gasteiger partial charge in [-0.25, -0.2) is 0 Å². The quantitative estimate of drug-likeness (QED) is 0.539. The Morgan fingerprint density at radius 2 is 2.14 bits per heavy atom. The third-order valence-corrected chi connectivity index (χ3v) is 3.28. The van der Waals surface area contributed by atoms with Gasteiger partial charge < -0.3 is 15.2 Å². The van der Waals surface area contributed by atoms with Gasteiger partial charge in [-0.05, 0) is 42.9 Å². The summed E-state index contributed by atoms with van der Waals surface area (Å²) in [5.41, 5.74) is 0.903. The van der Waals surface area contributed by atoms with Crippen LogP contribution in [0.15, 0.2) is 30.4 Å². The van der Waals surface area contributed by atoms with E-state index in [1.807, 2.05) is 0 Å². The summed E-state index contributed by atoms with van der Waals surface area (Å²) < 4.78 is 5.04. The fourth-order valence-corrected chi connectivity index (χ4v) is 1.99. The molecule has 0 heterocycles. The van der Waals surface area contributed by atoms with Crippen LogP contribution < -0.4 is 10.1 Å². The molecular formula is C18H27NO3. The molecule has 0 fully saturated rings. The second-order valence-corrected chi connectivity index (χ2v) is 5.78. The van der Waals surface area contributed by atoms with E-state index in [-0.39, 0.29) is 11.7 Å². The number of amides is 1. The first-order chi connectivity index (χ1) is 10.5. The molecule has 4 nitrogen and oxygen atoms in total. The van der Waals surface area contributed by atoms with Crippen molar-refractivity contribution in [3.63, 3.8) is 0 Å². The number of ether oxygens (including phenoxy) is 1.